The summed E-state index contributed by atoms with van der Waals surface area (Å²) in [5.74, 6) is 0. The molecule has 112 valence electrons. The lowest BCUT2D eigenvalue weighted by atomic mass is 9.95. The van der Waals surface area contributed by atoms with Crippen LogP contribution in [0.15, 0.2) is 36.4 Å². The average Bonchev–Trinajstić information content (AvgIpc) is 2.42. The van der Waals surface area contributed by atoms with Crippen LogP contribution in [-0.2, 0) is 0 Å². The lowest BCUT2D eigenvalue weighted by Crippen LogP contribution is -2.23. The molecule has 1 unspecified atom stereocenters. The first-order chi connectivity index (χ1) is 10.0. The van der Waals surface area contributed by atoms with Gasteiger partial charge < -0.3 is 5.32 Å². The molecule has 0 aliphatic rings. The van der Waals surface area contributed by atoms with Crippen molar-refractivity contribution in [1.29, 1.82) is 0 Å². The molecule has 0 amide bonds. The van der Waals surface area contributed by atoms with Gasteiger partial charge in [-0.25, -0.2) is 0 Å². The maximum atomic E-state index is 6.18. The van der Waals surface area contributed by atoms with Gasteiger partial charge in [-0.05, 0) is 50.1 Å². The molecule has 2 rings (SSSR count). The van der Waals surface area contributed by atoms with Crippen LogP contribution in [0.4, 0.5) is 0 Å². The second-order valence-electron chi connectivity index (χ2n) is 5.48. The van der Waals surface area contributed by atoms with Crippen LogP contribution in [0.1, 0.15) is 41.6 Å². The predicted octanol–water partition coefficient (Wildman–Crippen LogP) is 5.70. The second kappa shape index (κ2) is 7.31. The van der Waals surface area contributed by atoms with Gasteiger partial charge in [-0.1, -0.05) is 65.5 Å². The first-order valence-electron chi connectivity index (χ1n) is 7.27. The quantitative estimate of drug-likeness (QED) is 0.744. The van der Waals surface area contributed by atoms with Crippen molar-refractivity contribution in [3.63, 3.8) is 0 Å². The van der Waals surface area contributed by atoms with Gasteiger partial charge in [-0.15, -0.1) is 0 Å². The molecule has 0 saturated carbocycles. The van der Waals surface area contributed by atoms with Crippen molar-refractivity contribution in [3.8, 4) is 0 Å². The third-order valence-corrected chi connectivity index (χ3v) is 4.19. The molecular formula is C18H21Cl2N. The zero-order valence-corrected chi connectivity index (χ0v) is 14.2. The Hall–Kier alpha value is -1.02. The first kappa shape index (κ1) is 16.4. The summed E-state index contributed by atoms with van der Waals surface area (Å²) in [7, 11) is 0. The van der Waals surface area contributed by atoms with E-state index in [0.717, 1.165) is 18.5 Å². The van der Waals surface area contributed by atoms with Crippen molar-refractivity contribution in [2.45, 2.75) is 33.2 Å². The molecule has 1 nitrogen and oxygen atoms in total. The molecule has 21 heavy (non-hydrogen) atoms. The number of benzene rings is 2. The van der Waals surface area contributed by atoms with E-state index in [-0.39, 0.29) is 6.04 Å². The minimum absolute atomic E-state index is 0.137. The van der Waals surface area contributed by atoms with Crippen molar-refractivity contribution >= 4 is 23.2 Å². The highest BCUT2D eigenvalue weighted by atomic mass is 35.5. The van der Waals surface area contributed by atoms with Crippen LogP contribution >= 0.6 is 23.2 Å². The summed E-state index contributed by atoms with van der Waals surface area (Å²) in [6, 6.07) is 12.6. The van der Waals surface area contributed by atoms with Crippen LogP contribution < -0.4 is 5.32 Å². The van der Waals surface area contributed by atoms with E-state index in [9.17, 15) is 0 Å². The first-order valence-corrected chi connectivity index (χ1v) is 8.03. The van der Waals surface area contributed by atoms with Crippen molar-refractivity contribution in [3.05, 3.63) is 68.7 Å². The number of nitrogens with one attached hydrogen (secondary N) is 1. The molecular weight excluding hydrogens is 301 g/mol. The molecule has 0 saturated heterocycles. The molecule has 2 aromatic rings. The third-order valence-electron chi connectivity index (χ3n) is 3.45. The van der Waals surface area contributed by atoms with E-state index in [1.807, 2.05) is 18.2 Å². The molecule has 0 radical (unpaired) electrons. The summed E-state index contributed by atoms with van der Waals surface area (Å²) in [4.78, 5) is 0. The number of aryl methyl sites for hydroxylation is 2. The van der Waals surface area contributed by atoms with Crippen molar-refractivity contribution in [2.75, 3.05) is 6.54 Å². The smallest absolute Gasteiger partial charge is 0.0595 e. The molecule has 0 fully saturated rings. The molecule has 0 aliphatic heterocycles. The van der Waals surface area contributed by atoms with Crippen LogP contribution in [0, 0.1) is 13.8 Å². The predicted molar refractivity (Wildman–Crippen MR) is 92.5 cm³/mol. The summed E-state index contributed by atoms with van der Waals surface area (Å²) in [5.41, 5.74) is 4.95. The van der Waals surface area contributed by atoms with E-state index in [2.05, 4.69) is 44.3 Å². The highest BCUT2D eigenvalue weighted by Crippen LogP contribution is 2.29. The van der Waals surface area contributed by atoms with Gasteiger partial charge in [0.05, 0.1) is 16.1 Å². The Balaban J connectivity index is 2.43. The van der Waals surface area contributed by atoms with Crippen molar-refractivity contribution < 1.29 is 0 Å². The third kappa shape index (κ3) is 4.23. The van der Waals surface area contributed by atoms with Crippen molar-refractivity contribution in [2.24, 2.45) is 0 Å². The lowest BCUT2D eigenvalue weighted by molar-refractivity contribution is 0.598. The molecule has 3 heteroatoms. The van der Waals surface area contributed by atoms with Gasteiger partial charge in [0.2, 0.25) is 0 Å². The van der Waals surface area contributed by atoms with E-state index in [0.29, 0.717) is 10.0 Å². The topological polar surface area (TPSA) is 12.0 Å². The molecule has 2 aromatic carbocycles. The molecule has 0 spiro atoms. The van der Waals surface area contributed by atoms with Crippen LogP contribution in [-0.4, -0.2) is 6.54 Å². The standard InChI is InChI=1S/C18H21Cl2N/c1-4-7-21-18(14-5-6-16(19)17(20)11-14)15-9-12(2)8-13(3)10-15/h5-6,8-11,18,21H,4,7H2,1-3H3. The van der Waals surface area contributed by atoms with Crippen molar-refractivity contribution in [1.82, 2.24) is 5.32 Å². The zero-order chi connectivity index (χ0) is 15.4. The minimum Gasteiger partial charge on any atom is -0.306 e. The highest BCUT2D eigenvalue weighted by Gasteiger charge is 2.15. The van der Waals surface area contributed by atoms with Gasteiger partial charge in [0.15, 0.2) is 0 Å². The van der Waals surface area contributed by atoms with Crippen LogP contribution in [0.2, 0.25) is 10.0 Å². The lowest BCUT2D eigenvalue weighted by Gasteiger charge is -2.21. The Morgan fingerprint density at radius 2 is 1.57 bits per heavy atom. The van der Waals surface area contributed by atoms with E-state index < -0.39 is 0 Å². The summed E-state index contributed by atoms with van der Waals surface area (Å²) >= 11 is 12.2. The fraction of sp³-hybridized carbons (Fsp3) is 0.333. The van der Waals surface area contributed by atoms with E-state index >= 15 is 0 Å². The fourth-order valence-corrected chi connectivity index (χ4v) is 2.89. The highest BCUT2D eigenvalue weighted by molar-refractivity contribution is 6.42. The molecule has 0 heterocycles. The fourth-order valence-electron chi connectivity index (χ4n) is 2.59. The number of hydrogen-bond acceptors (Lipinski definition) is 1. The molecule has 0 aliphatic carbocycles. The maximum Gasteiger partial charge on any atom is 0.0595 e. The summed E-state index contributed by atoms with van der Waals surface area (Å²) in [5, 5.41) is 4.79. The second-order valence-corrected chi connectivity index (χ2v) is 6.30. The number of rotatable bonds is 5. The van der Waals surface area contributed by atoms with Gasteiger partial charge in [-0.3, -0.25) is 0 Å². The van der Waals surface area contributed by atoms with Crippen LogP contribution in [0.3, 0.4) is 0 Å². The summed E-state index contributed by atoms with van der Waals surface area (Å²) < 4.78 is 0. The zero-order valence-electron chi connectivity index (χ0n) is 12.7. The van der Waals surface area contributed by atoms with Gasteiger partial charge in [-0.2, -0.15) is 0 Å². The molecule has 0 bridgehead atoms. The summed E-state index contributed by atoms with van der Waals surface area (Å²) in [6.07, 6.45) is 1.09. The Morgan fingerprint density at radius 1 is 0.905 bits per heavy atom. The molecule has 1 atom stereocenters. The average molecular weight is 322 g/mol. The normalized spacial score (nSPS) is 12.4. The van der Waals surface area contributed by atoms with Crippen LogP contribution in [0.25, 0.3) is 0 Å². The Kier molecular flexibility index (Phi) is 5.69. The van der Waals surface area contributed by atoms with Gasteiger partial charge in [0, 0.05) is 0 Å². The van der Waals surface area contributed by atoms with E-state index in [1.165, 1.54) is 16.7 Å². The Bertz CT molecular complexity index is 602. The van der Waals surface area contributed by atoms with E-state index in [1.54, 1.807) is 0 Å². The monoisotopic (exact) mass is 321 g/mol. The molecule has 1 N–H and O–H groups in total. The number of halogens is 2. The maximum absolute atomic E-state index is 6.18. The SMILES string of the molecule is CCCNC(c1cc(C)cc(C)c1)c1ccc(Cl)c(Cl)c1. The number of hydrogen-bond donors (Lipinski definition) is 1. The largest absolute Gasteiger partial charge is 0.306 e. The Labute approximate surface area is 137 Å². The minimum atomic E-state index is 0.137. The summed E-state index contributed by atoms with van der Waals surface area (Å²) in [6.45, 7) is 7.38. The molecule has 0 aromatic heterocycles. The van der Waals surface area contributed by atoms with Gasteiger partial charge in [0.1, 0.15) is 0 Å². The van der Waals surface area contributed by atoms with E-state index in [4.69, 9.17) is 23.2 Å². The van der Waals surface area contributed by atoms with Gasteiger partial charge in [0.25, 0.3) is 0 Å². The van der Waals surface area contributed by atoms with Gasteiger partial charge >= 0.3 is 0 Å². The van der Waals surface area contributed by atoms with Crippen LogP contribution in [0.5, 0.6) is 0 Å². The Morgan fingerprint density at radius 3 is 2.14 bits per heavy atom.